The van der Waals surface area contributed by atoms with Gasteiger partial charge < -0.3 is 9.72 Å². The number of hydrogen-bond acceptors (Lipinski definition) is 4. The molecule has 0 aliphatic rings. The van der Waals surface area contributed by atoms with Crippen molar-refractivity contribution in [3.05, 3.63) is 87.6 Å². The van der Waals surface area contributed by atoms with E-state index in [9.17, 15) is 9.59 Å². The number of hydrogen-bond donors (Lipinski definition) is 1. The Kier molecular flexibility index (Phi) is 4.38. The van der Waals surface area contributed by atoms with E-state index in [1.165, 1.54) is 6.21 Å². The van der Waals surface area contributed by atoms with Crippen LogP contribution in [-0.4, -0.2) is 22.5 Å². The number of ether oxygens (including phenoxy) is 1. The molecule has 0 atom stereocenters. The number of aromatic nitrogens is 2. The van der Waals surface area contributed by atoms with Gasteiger partial charge in [-0.05, 0) is 29.8 Å². The Morgan fingerprint density at radius 1 is 1.17 bits per heavy atom. The standard InChI is InChI=1S/C18H15N3O3/c1-2-10-24-14-7-5-6-13(11-14)12-19-21-17(22)15-8-3-4-9-16(15)20-18(21)23/h2-9,11-12H,1,10H2,(H,20,23). The molecule has 24 heavy (non-hydrogen) atoms. The monoisotopic (exact) mass is 321 g/mol. The molecule has 0 bridgehead atoms. The summed E-state index contributed by atoms with van der Waals surface area (Å²) in [5, 5.41) is 4.41. The van der Waals surface area contributed by atoms with Crippen LogP contribution in [0.5, 0.6) is 5.75 Å². The van der Waals surface area contributed by atoms with Crippen LogP contribution in [0.3, 0.4) is 0 Å². The number of rotatable bonds is 5. The third kappa shape index (κ3) is 3.17. The summed E-state index contributed by atoms with van der Waals surface area (Å²) in [6.45, 7) is 3.98. The normalized spacial score (nSPS) is 11.0. The average Bonchev–Trinajstić information content (AvgIpc) is 2.60. The molecule has 6 nitrogen and oxygen atoms in total. The van der Waals surface area contributed by atoms with E-state index in [4.69, 9.17) is 4.74 Å². The Hall–Kier alpha value is -3.41. The van der Waals surface area contributed by atoms with Crippen molar-refractivity contribution < 1.29 is 4.74 Å². The lowest BCUT2D eigenvalue weighted by Gasteiger charge is -2.03. The van der Waals surface area contributed by atoms with Crippen molar-refractivity contribution >= 4 is 17.1 Å². The first-order valence-electron chi connectivity index (χ1n) is 7.31. The summed E-state index contributed by atoms with van der Waals surface area (Å²) in [7, 11) is 0. The number of para-hydroxylation sites is 1. The fourth-order valence-corrected chi connectivity index (χ4v) is 2.22. The van der Waals surface area contributed by atoms with Crippen LogP contribution in [0.25, 0.3) is 10.9 Å². The zero-order valence-electron chi connectivity index (χ0n) is 12.8. The molecule has 0 unspecified atom stereocenters. The minimum Gasteiger partial charge on any atom is -0.490 e. The first-order chi connectivity index (χ1) is 11.7. The van der Waals surface area contributed by atoms with Gasteiger partial charge in [-0.3, -0.25) is 4.79 Å². The van der Waals surface area contributed by atoms with Gasteiger partial charge in [0.05, 0.1) is 17.1 Å². The first kappa shape index (κ1) is 15.5. The van der Waals surface area contributed by atoms with Gasteiger partial charge in [0.2, 0.25) is 0 Å². The van der Waals surface area contributed by atoms with Gasteiger partial charge in [0.15, 0.2) is 0 Å². The highest BCUT2D eigenvalue weighted by Crippen LogP contribution is 2.12. The molecule has 0 aliphatic heterocycles. The number of aromatic amines is 1. The molecule has 3 rings (SSSR count). The van der Waals surface area contributed by atoms with Gasteiger partial charge in [0.1, 0.15) is 12.4 Å². The van der Waals surface area contributed by atoms with Crippen molar-refractivity contribution in [1.82, 2.24) is 9.66 Å². The molecular formula is C18H15N3O3. The van der Waals surface area contributed by atoms with Crippen LogP contribution in [0, 0.1) is 0 Å². The molecule has 0 aliphatic carbocycles. The van der Waals surface area contributed by atoms with E-state index >= 15 is 0 Å². The van der Waals surface area contributed by atoms with Crippen molar-refractivity contribution in [1.29, 1.82) is 0 Å². The molecule has 3 aromatic rings. The Morgan fingerprint density at radius 2 is 2.00 bits per heavy atom. The smallest absolute Gasteiger partial charge is 0.349 e. The number of nitrogens with zero attached hydrogens (tertiary/aromatic N) is 2. The van der Waals surface area contributed by atoms with E-state index in [0.717, 1.165) is 4.68 Å². The molecule has 1 aromatic heterocycles. The van der Waals surface area contributed by atoms with E-state index < -0.39 is 11.2 Å². The van der Waals surface area contributed by atoms with E-state index in [2.05, 4.69) is 16.7 Å². The maximum absolute atomic E-state index is 12.4. The minimum absolute atomic E-state index is 0.393. The van der Waals surface area contributed by atoms with Crippen LogP contribution in [0.15, 0.2) is 75.9 Å². The molecule has 0 saturated heterocycles. The lowest BCUT2D eigenvalue weighted by molar-refractivity contribution is 0.363. The highest BCUT2D eigenvalue weighted by molar-refractivity contribution is 5.80. The average molecular weight is 321 g/mol. The summed E-state index contributed by atoms with van der Waals surface area (Å²) in [5.74, 6) is 0.651. The largest absolute Gasteiger partial charge is 0.490 e. The molecule has 0 saturated carbocycles. The van der Waals surface area contributed by atoms with E-state index in [-0.39, 0.29) is 0 Å². The molecule has 0 spiro atoms. The predicted octanol–water partition coefficient (Wildman–Crippen LogP) is 2.14. The predicted molar refractivity (Wildman–Crippen MR) is 94.0 cm³/mol. The van der Waals surface area contributed by atoms with Gasteiger partial charge >= 0.3 is 5.69 Å². The summed E-state index contributed by atoms with van der Waals surface area (Å²) < 4.78 is 6.24. The van der Waals surface area contributed by atoms with Crippen LogP contribution >= 0.6 is 0 Å². The van der Waals surface area contributed by atoms with Crippen molar-refractivity contribution in [2.24, 2.45) is 5.10 Å². The fraction of sp³-hybridized carbons (Fsp3) is 0.0556. The number of nitrogens with one attached hydrogen (secondary N) is 1. The summed E-state index contributed by atoms with van der Waals surface area (Å²) in [4.78, 5) is 27.0. The third-order valence-corrected chi connectivity index (χ3v) is 3.33. The summed E-state index contributed by atoms with van der Waals surface area (Å²) >= 11 is 0. The molecule has 1 heterocycles. The molecule has 120 valence electrons. The zero-order chi connectivity index (χ0) is 16.9. The molecule has 0 amide bonds. The van der Waals surface area contributed by atoms with Crippen LogP contribution in [0.2, 0.25) is 0 Å². The SMILES string of the molecule is C=CCOc1cccc(C=Nn2c(=O)[nH]c3ccccc3c2=O)c1. The molecule has 0 fully saturated rings. The summed E-state index contributed by atoms with van der Waals surface area (Å²) in [5.41, 5.74) is 0.133. The molecule has 2 aromatic carbocycles. The quantitative estimate of drug-likeness (QED) is 0.578. The van der Waals surface area contributed by atoms with Gasteiger partial charge in [0.25, 0.3) is 5.56 Å². The second-order valence-corrected chi connectivity index (χ2v) is 5.01. The van der Waals surface area contributed by atoms with Crippen molar-refractivity contribution in [3.8, 4) is 5.75 Å². The molecule has 0 radical (unpaired) electrons. The van der Waals surface area contributed by atoms with Crippen molar-refractivity contribution in [2.75, 3.05) is 6.61 Å². The molecule has 6 heteroatoms. The van der Waals surface area contributed by atoms with Gasteiger partial charge in [-0.1, -0.05) is 36.9 Å². The Balaban J connectivity index is 1.98. The van der Waals surface area contributed by atoms with Gasteiger partial charge in [-0.15, -0.1) is 4.68 Å². The lowest BCUT2D eigenvalue weighted by Crippen LogP contribution is -2.32. The van der Waals surface area contributed by atoms with Crippen molar-refractivity contribution in [3.63, 3.8) is 0 Å². The second-order valence-electron chi connectivity index (χ2n) is 5.01. The van der Waals surface area contributed by atoms with Crippen molar-refractivity contribution in [2.45, 2.75) is 0 Å². The maximum atomic E-state index is 12.4. The Labute approximate surface area is 137 Å². The van der Waals surface area contributed by atoms with E-state index in [0.29, 0.717) is 28.8 Å². The summed E-state index contributed by atoms with van der Waals surface area (Å²) in [6, 6.07) is 14.0. The van der Waals surface area contributed by atoms with E-state index in [1.807, 2.05) is 0 Å². The van der Waals surface area contributed by atoms with Crippen LogP contribution in [0.4, 0.5) is 0 Å². The van der Waals surface area contributed by atoms with Gasteiger partial charge in [0, 0.05) is 0 Å². The van der Waals surface area contributed by atoms with Crippen LogP contribution in [0.1, 0.15) is 5.56 Å². The minimum atomic E-state index is -0.589. The summed E-state index contributed by atoms with van der Waals surface area (Å²) in [6.07, 6.45) is 3.08. The van der Waals surface area contributed by atoms with Crippen LogP contribution < -0.4 is 16.0 Å². The fourth-order valence-electron chi connectivity index (χ4n) is 2.22. The first-order valence-corrected chi connectivity index (χ1v) is 7.31. The lowest BCUT2D eigenvalue weighted by atomic mass is 10.2. The van der Waals surface area contributed by atoms with Crippen LogP contribution in [-0.2, 0) is 0 Å². The molecular weight excluding hydrogens is 306 g/mol. The zero-order valence-corrected chi connectivity index (χ0v) is 12.8. The number of benzene rings is 2. The third-order valence-electron chi connectivity index (χ3n) is 3.33. The highest BCUT2D eigenvalue weighted by atomic mass is 16.5. The number of H-pyrrole nitrogens is 1. The Morgan fingerprint density at radius 3 is 2.83 bits per heavy atom. The second kappa shape index (κ2) is 6.78. The topological polar surface area (TPSA) is 76.5 Å². The van der Waals surface area contributed by atoms with Gasteiger partial charge in [-0.25, -0.2) is 4.79 Å². The van der Waals surface area contributed by atoms with Gasteiger partial charge in [-0.2, -0.15) is 5.10 Å². The molecule has 1 N–H and O–H groups in total. The Bertz CT molecular complexity index is 1030. The van der Waals surface area contributed by atoms with E-state index in [1.54, 1.807) is 54.6 Å². The highest BCUT2D eigenvalue weighted by Gasteiger charge is 2.05. The number of fused-ring (bicyclic) bond motifs is 1. The maximum Gasteiger partial charge on any atom is 0.349 e.